The number of hydrogen-bond acceptors (Lipinski definition) is 3. The molecule has 3 nitrogen and oxygen atoms in total. The van der Waals surface area contributed by atoms with E-state index in [2.05, 4.69) is 4.98 Å². The number of alkyl halides is 1. The molecule has 2 unspecified atom stereocenters. The summed E-state index contributed by atoms with van der Waals surface area (Å²) in [6.45, 7) is 0. The van der Waals surface area contributed by atoms with E-state index in [1.807, 2.05) is 24.3 Å². The number of rotatable bonds is 4. The Labute approximate surface area is 105 Å². The molecule has 0 bridgehead atoms. The van der Waals surface area contributed by atoms with Crippen LogP contribution in [0.5, 0.6) is 0 Å². The lowest BCUT2D eigenvalue weighted by Crippen LogP contribution is -2.19. The van der Waals surface area contributed by atoms with Crippen LogP contribution < -0.4 is 0 Å². The largest absolute Gasteiger partial charge is 0.390 e. The van der Waals surface area contributed by atoms with E-state index < -0.39 is 12.2 Å². The Morgan fingerprint density at radius 3 is 2.71 bits per heavy atom. The van der Waals surface area contributed by atoms with Crippen molar-refractivity contribution in [3.63, 3.8) is 0 Å². The van der Waals surface area contributed by atoms with E-state index in [4.69, 9.17) is 11.6 Å². The lowest BCUT2D eigenvalue weighted by atomic mass is 9.99. The molecule has 2 N–H and O–H groups in total. The SMILES string of the molecule is OC(CCCl)C(O)c1ccnc2ccccc12. The van der Waals surface area contributed by atoms with Gasteiger partial charge in [0.25, 0.3) is 0 Å². The highest BCUT2D eigenvalue weighted by atomic mass is 35.5. The van der Waals surface area contributed by atoms with Crippen molar-refractivity contribution in [2.24, 2.45) is 0 Å². The van der Waals surface area contributed by atoms with E-state index in [-0.39, 0.29) is 0 Å². The standard InChI is InChI=1S/C13H14ClNO2/c14-7-5-12(16)13(17)10-6-8-15-11-4-2-1-3-9(10)11/h1-4,6,8,12-13,16-17H,5,7H2. The molecule has 0 fully saturated rings. The molecule has 17 heavy (non-hydrogen) atoms. The summed E-state index contributed by atoms with van der Waals surface area (Å²) in [7, 11) is 0. The molecule has 2 rings (SSSR count). The van der Waals surface area contributed by atoms with Crippen LogP contribution in [0.25, 0.3) is 10.9 Å². The molecule has 4 heteroatoms. The molecule has 90 valence electrons. The number of hydrogen-bond donors (Lipinski definition) is 2. The van der Waals surface area contributed by atoms with E-state index >= 15 is 0 Å². The third-order valence-corrected chi connectivity index (χ3v) is 2.99. The van der Waals surface area contributed by atoms with Gasteiger partial charge >= 0.3 is 0 Å². The summed E-state index contributed by atoms with van der Waals surface area (Å²) in [5, 5.41) is 20.7. The molecule has 0 aliphatic carbocycles. The summed E-state index contributed by atoms with van der Waals surface area (Å²) >= 11 is 5.56. The highest BCUT2D eigenvalue weighted by Gasteiger charge is 2.19. The third kappa shape index (κ3) is 2.57. The summed E-state index contributed by atoms with van der Waals surface area (Å²) in [5.74, 6) is 0.321. The molecule has 2 atom stereocenters. The van der Waals surface area contributed by atoms with Crippen LogP contribution in [-0.4, -0.2) is 27.2 Å². The van der Waals surface area contributed by atoms with Gasteiger partial charge < -0.3 is 10.2 Å². The molecular weight excluding hydrogens is 238 g/mol. The number of aromatic nitrogens is 1. The van der Waals surface area contributed by atoms with Gasteiger partial charge in [-0.3, -0.25) is 4.98 Å². The molecule has 0 radical (unpaired) electrons. The van der Waals surface area contributed by atoms with Crippen LogP contribution in [0.15, 0.2) is 36.5 Å². The van der Waals surface area contributed by atoms with Crippen LogP contribution >= 0.6 is 11.6 Å². The van der Waals surface area contributed by atoms with Crippen LogP contribution in [0.4, 0.5) is 0 Å². The molecule has 2 aromatic rings. The number of pyridine rings is 1. The maximum absolute atomic E-state index is 10.1. The molecule has 0 amide bonds. The van der Waals surface area contributed by atoms with Crippen molar-refractivity contribution in [2.75, 3.05) is 5.88 Å². The molecule has 0 saturated heterocycles. The lowest BCUT2D eigenvalue weighted by Gasteiger charge is -2.18. The number of aliphatic hydroxyl groups excluding tert-OH is 2. The van der Waals surface area contributed by atoms with E-state index in [1.165, 1.54) is 0 Å². The maximum Gasteiger partial charge on any atom is 0.106 e. The van der Waals surface area contributed by atoms with E-state index in [0.717, 1.165) is 10.9 Å². The molecule has 0 aliphatic rings. The molecular formula is C13H14ClNO2. The first-order valence-electron chi connectivity index (χ1n) is 5.50. The third-order valence-electron chi connectivity index (χ3n) is 2.77. The summed E-state index contributed by atoms with van der Waals surface area (Å²) in [4.78, 5) is 4.21. The number of aliphatic hydroxyl groups is 2. The quantitative estimate of drug-likeness (QED) is 0.820. The highest BCUT2D eigenvalue weighted by molar-refractivity contribution is 6.17. The van der Waals surface area contributed by atoms with Gasteiger partial charge in [0.15, 0.2) is 0 Å². The van der Waals surface area contributed by atoms with Gasteiger partial charge in [-0.15, -0.1) is 11.6 Å². The minimum absolute atomic E-state index is 0.321. The maximum atomic E-state index is 10.1. The van der Waals surface area contributed by atoms with Gasteiger partial charge in [-0.1, -0.05) is 18.2 Å². The van der Waals surface area contributed by atoms with Gasteiger partial charge in [-0.25, -0.2) is 0 Å². The number of benzene rings is 1. The zero-order valence-electron chi connectivity index (χ0n) is 9.25. The second kappa shape index (κ2) is 5.45. The molecule has 1 heterocycles. The van der Waals surface area contributed by atoms with Crippen LogP contribution in [0.1, 0.15) is 18.1 Å². The first-order chi connectivity index (χ1) is 8.24. The number of halogens is 1. The highest BCUT2D eigenvalue weighted by Crippen LogP contribution is 2.26. The number of para-hydroxylation sites is 1. The minimum Gasteiger partial charge on any atom is -0.390 e. The Bertz CT molecular complexity index is 498. The van der Waals surface area contributed by atoms with Gasteiger partial charge in [0.2, 0.25) is 0 Å². The summed E-state index contributed by atoms with van der Waals surface area (Å²) in [6.07, 6.45) is 0.216. The predicted octanol–water partition coefficient (Wildman–Crippen LogP) is 2.26. The summed E-state index contributed by atoms with van der Waals surface area (Å²) in [6, 6.07) is 9.26. The first kappa shape index (κ1) is 12.3. The molecule has 0 spiro atoms. The van der Waals surface area contributed by atoms with Gasteiger partial charge in [0, 0.05) is 17.5 Å². The molecule has 1 aromatic carbocycles. The number of nitrogens with zero attached hydrogens (tertiary/aromatic N) is 1. The molecule has 0 saturated carbocycles. The van der Waals surface area contributed by atoms with Crippen molar-refractivity contribution in [1.82, 2.24) is 4.98 Å². The Morgan fingerprint density at radius 1 is 1.18 bits per heavy atom. The summed E-state index contributed by atoms with van der Waals surface area (Å²) < 4.78 is 0. The van der Waals surface area contributed by atoms with Crippen molar-refractivity contribution in [3.05, 3.63) is 42.1 Å². The van der Waals surface area contributed by atoms with Gasteiger partial charge in [-0.05, 0) is 24.1 Å². The van der Waals surface area contributed by atoms with Gasteiger partial charge in [0.05, 0.1) is 11.6 Å². The van der Waals surface area contributed by atoms with E-state index in [0.29, 0.717) is 17.9 Å². The second-order valence-corrected chi connectivity index (χ2v) is 4.29. The Morgan fingerprint density at radius 2 is 1.94 bits per heavy atom. The zero-order valence-corrected chi connectivity index (χ0v) is 10.0. The first-order valence-corrected chi connectivity index (χ1v) is 6.03. The van der Waals surface area contributed by atoms with Crippen molar-refractivity contribution < 1.29 is 10.2 Å². The van der Waals surface area contributed by atoms with Crippen molar-refractivity contribution >= 4 is 22.5 Å². The summed E-state index contributed by atoms with van der Waals surface area (Å²) in [5.41, 5.74) is 1.50. The fourth-order valence-electron chi connectivity index (χ4n) is 1.85. The topological polar surface area (TPSA) is 53.4 Å². The Hall–Kier alpha value is -1.16. The average molecular weight is 252 g/mol. The molecule has 1 aromatic heterocycles. The Kier molecular flexibility index (Phi) is 3.94. The van der Waals surface area contributed by atoms with Crippen LogP contribution in [0, 0.1) is 0 Å². The van der Waals surface area contributed by atoms with E-state index in [1.54, 1.807) is 12.3 Å². The van der Waals surface area contributed by atoms with Crippen LogP contribution in [0.3, 0.4) is 0 Å². The fraction of sp³-hybridized carbons (Fsp3) is 0.308. The normalized spacial score (nSPS) is 14.8. The van der Waals surface area contributed by atoms with Crippen molar-refractivity contribution in [2.45, 2.75) is 18.6 Å². The smallest absolute Gasteiger partial charge is 0.106 e. The lowest BCUT2D eigenvalue weighted by molar-refractivity contribution is 0.0178. The molecule has 0 aliphatic heterocycles. The predicted molar refractivity (Wildman–Crippen MR) is 68.0 cm³/mol. The number of fused-ring (bicyclic) bond motifs is 1. The van der Waals surface area contributed by atoms with Gasteiger partial charge in [-0.2, -0.15) is 0 Å². The van der Waals surface area contributed by atoms with Crippen molar-refractivity contribution in [1.29, 1.82) is 0 Å². The zero-order chi connectivity index (χ0) is 12.3. The Balaban J connectivity index is 2.41. The van der Waals surface area contributed by atoms with Crippen LogP contribution in [-0.2, 0) is 0 Å². The minimum atomic E-state index is -0.929. The van der Waals surface area contributed by atoms with Crippen molar-refractivity contribution in [3.8, 4) is 0 Å². The van der Waals surface area contributed by atoms with E-state index in [9.17, 15) is 10.2 Å². The second-order valence-electron chi connectivity index (χ2n) is 3.91. The monoisotopic (exact) mass is 251 g/mol. The fourth-order valence-corrected chi connectivity index (χ4v) is 2.08. The van der Waals surface area contributed by atoms with Gasteiger partial charge in [0.1, 0.15) is 6.10 Å². The van der Waals surface area contributed by atoms with Crippen LogP contribution in [0.2, 0.25) is 0 Å². The average Bonchev–Trinajstić information content (AvgIpc) is 2.37.